The molecular formula is C22H38N4O12. The number of esters is 1. The summed E-state index contributed by atoms with van der Waals surface area (Å²) in [6, 6.07) is 0. The van der Waals surface area contributed by atoms with Crippen LogP contribution in [0, 0.1) is 0 Å². The first-order valence-corrected chi connectivity index (χ1v) is 12.5. The smallest absolute Gasteiger partial charge is 0.303 e. The van der Waals surface area contributed by atoms with E-state index in [1.807, 2.05) is 0 Å². The number of hydrogen-bond donors (Lipinski definition) is 5. The lowest BCUT2D eigenvalue weighted by molar-refractivity contribution is -0.315. The molecule has 8 atom stereocenters. The molecule has 0 aromatic rings. The molecule has 38 heavy (non-hydrogen) atoms. The molecule has 16 heteroatoms. The van der Waals surface area contributed by atoms with Gasteiger partial charge in [-0.15, -0.1) is 0 Å². The topological polar surface area (TPSA) is 205 Å². The maximum atomic E-state index is 11.5. The summed E-state index contributed by atoms with van der Waals surface area (Å²) in [7, 11) is 0. The molecule has 0 aliphatic carbocycles. The number of hydrazone groups is 2. The maximum absolute atomic E-state index is 11.5. The lowest BCUT2D eigenvalue weighted by Crippen LogP contribution is -2.61. The molecule has 8 unspecified atom stereocenters. The van der Waals surface area contributed by atoms with Crippen LogP contribution in [0.3, 0.4) is 0 Å². The van der Waals surface area contributed by atoms with Gasteiger partial charge in [-0.3, -0.25) is 14.8 Å². The fourth-order valence-corrected chi connectivity index (χ4v) is 3.96. The Hall–Kier alpha value is -1.99. The Kier molecular flexibility index (Phi) is 12.5. The number of nitrogens with zero attached hydrogens (tertiary/aromatic N) is 4. The molecule has 0 saturated carbocycles. The standard InChI is InChI=1S/C22H38N4O12/c1-14(29)35-21-19(31)17(13-28)38-22(20(21)32)37-15(10-23-25-2-6-33-7-3-25)16(12-27)36-18(30)11-24-26-4-8-34-9-5-26/h10-11,15-22,27-28,30-32H,2-9,12-13H2,1H3/b23-10-,24-11+. The lowest BCUT2D eigenvalue weighted by atomic mass is 9.99. The van der Waals surface area contributed by atoms with Crippen molar-refractivity contribution in [2.24, 2.45) is 10.2 Å². The number of ether oxygens (including phenoxy) is 6. The quantitative estimate of drug-likeness (QED) is 0.0895. The molecule has 3 saturated heterocycles. The summed E-state index contributed by atoms with van der Waals surface area (Å²) in [5.41, 5.74) is 0. The van der Waals surface area contributed by atoms with E-state index in [4.69, 9.17) is 28.4 Å². The average molecular weight is 551 g/mol. The van der Waals surface area contributed by atoms with Gasteiger partial charge >= 0.3 is 5.97 Å². The van der Waals surface area contributed by atoms with Crippen LogP contribution in [0.15, 0.2) is 10.2 Å². The van der Waals surface area contributed by atoms with Crippen molar-refractivity contribution in [1.29, 1.82) is 0 Å². The molecule has 0 radical (unpaired) electrons. The van der Waals surface area contributed by atoms with Gasteiger partial charge in [0.2, 0.25) is 0 Å². The van der Waals surface area contributed by atoms with Crippen molar-refractivity contribution >= 4 is 18.4 Å². The molecule has 3 heterocycles. The molecule has 5 N–H and O–H groups in total. The third kappa shape index (κ3) is 9.04. The van der Waals surface area contributed by atoms with Crippen molar-refractivity contribution in [3.8, 4) is 0 Å². The Balaban J connectivity index is 1.75. The molecule has 3 fully saturated rings. The third-order valence-corrected chi connectivity index (χ3v) is 5.99. The van der Waals surface area contributed by atoms with E-state index in [1.165, 1.54) is 6.21 Å². The van der Waals surface area contributed by atoms with E-state index in [-0.39, 0.29) is 0 Å². The summed E-state index contributed by atoms with van der Waals surface area (Å²) < 4.78 is 32.5. The normalized spacial score (nSPS) is 31.5. The molecule has 0 aromatic heterocycles. The second-order valence-corrected chi connectivity index (χ2v) is 8.79. The Labute approximate surface area is 219 Å². The second kappa shape index (κ2) is 15.6. The first-order valence-electron chi connectivity index (χ1n) is 12.5. The number of carbonyl (C=O) groups excluding carboxylic acids is 1. The zero-order valence-electron chi connectivity index (χ0n) is 21.2. The van der Waals surface area contributed by atoms with E-state index in [0.717, 1.165) is 13.1 Å². The van der Waals surface area contributed by atoms with Crippen LogP contribution in [-0.2, 0) is 33.2 Å². The number of rotatable bonds is 12. The van der Waals surface area contributed by atoms with Crippen LogP contribution < -0.4 is 0 Å². The Morgan fingerprint density at radius 2 is 1.58 bits per heavy atom. The van der Waals surface area contributed by atoms with Gasteiger partial charge < -0.3 is 54.0 Å². The fourth-order valence-electron chi connectivity index (χ4n) is 3.96. The monoisotopic (exact) mass is 550 g/mol. The minimum atomic E-state index is -1.66. The molecule has 218 valence electrons. The predicted octanol–water partition coefficient (Wildman–Crippen LogP) is -3.93. The van der Waals surface area contributed by atoms with Crippen LogP contribution in [0.5, 0.6) is 0 Å². The van der Waals surface area contributed by atoms with Crippen molar-refractivity contribution in [3.05, 3.63) is 0 Å². The number of morpholine rings is 2. The van der Waals surface area contributed by atoms with Gasteiger partial charge in [0.05, 0.1) is 78.2 Å². The van der Waals surface area contributed by atoms with E-state index >= 15 is 0 Å². The Morgan fingerprint density at radius 1 is 1.00 bits per heavy atom. The van der Waals surface area contributed by atoms with Crippen LogP contribution in [-0.4, -0.2) is 169 Å². The van der Waals surface area contributed by atoms with E-state index in [9.17, 15) is 30.3 Å². The highest BCUT2D eigenvalue weighted by atomic mass is 16.7. The zero-order chi connectivity index (χ0) is 27.5. The molecule has 16 nitrogen and oxygen atoms in total. The lowest BCUT2D eigenvalue weighted by Gasteiger charge is -2.42. The van der Waals surface area contributed by atoms with Gasteiger partial charge in [-0.25, -0.2) is 0 Å². The second-order valence-electron chi connectivity index (χ2n) is 8.79. The van der Waals surface area contributed by atoms with Crippen LogP contribution in [0.2, 0.25) is 0 Å². The van der Waals surface area contributed by atoms with Crippen molar-refractivity contribution in [3.63, 3.8) is 0 Å². The summed E-state index contributed by atoms with van der Waals surface area (Å²) >= 11 is 0. The number of aliphatic hydroxyl groups excluding tert-OH is 5. The molecule has 0 spiro atoms. The summed E-state index contributed by atoms with van der Waals surface area (Å²) in [4.78, 5) is 11.5. The Bertz CT molecular complexity index is 765. The van der Waals surface area contributed by atoms with Crippen molar-refractivity contribution in [1.82, 2.24) is 10.0 Å². The third-order valence-electron chi connectivity index (χ3n) is 5.99. The number of aliphatic hydroxyl groups is 5. The first kappa shape index (κ1) is 30.6. The fraction of sp³-hybridized carbons (Fsp3) is 0.864. The zero-order valence-corrected chi connectivity index (χ0v) is 21.2. The van der Waals surface area contributed by atoms with Crippen LogP contribution >= 0.6 is 0 Å². The molecule has 3 aliphatic heterocycles. The molecule has 3 rings (SSSR count). The molecule has 3 aliphatic rings. The van der Waals surface area contributed by atoms with Gasteiger partial charge in [-0.1, -0.05) is 0 Å². The first-order chi connectivity index (χ1) is 18.3. The molecule has 0 amide bonds. The molecular weight excluding hydrogens is 512 g/mol. The summed E-state index contributed by atoms with van der Waals surface area (Å²) in [6.45, 7) is 3.83. The van der Waals surface area contributed by atoms with Crippen molar-refractivity contribution < 1.29 is 58.7 Å². The Morgan fingerprint density at radius 3 is 2.11 bits per heavy atom. The highest BCUT2D eigenvalue weighted by Crippen LogP contribution is 2.26. The number of hydrogen-bond acceptors (Lipinski definition) is 16. The summed E-state index contributed by atoms with van der Waals surface area (Å²) in [5.74, 6) is -0.768. The van der Waals surface area contributed by atoms with Gasteiger partial charge in [0.25, 0.3) is 0 Å². The summed E-state index contributed by atoms with van der Waals surface area (Å²) in [5, 5.41) is 63.1. The van der Waals surface area contributed by atoms with Gasteiger partial charge in [0, 0.05) is 6.92 Å². The maximum Gasteiger partial charge on any atom is 0.303 e. The predicted molar refractivity (Wildman–Crippen MR) is 128 cm³/mol. The van der Waals surface area contributed by atoms with E-state index in [0.29, 0.717) is 52.6 Å². The minimum absolute atomic E-state index is 0.462. The van der Waals surface area contributed by atoms with Crippen LogP contribution in [0.4, 0.5) is 0 Å². The van der Waals surface area contributed by atoms with Gasteiger partial charge in [-0.05, 0) is 0 Å². The van der Waals surface area contributed by atoms with Gasteiger partial charge in [-0.2, -0.15) is 10.2 Å². The van der Waals surface area contributed by atoms with Crippen molar-refractivity contribution in [2.45, 2.75) is 56.1 Å². The van der Waals surface area contributed by atoms with E-state index < -0.39 is 68.4 Å². The van der Waals surface area contributed by atoms with Crippen LogP contribution in [0.25, 0.3) is 0 Å². The highest BCUT2D eigenvalue weighted by molar-refractivity contribution is 5.66. The van der Waals surface area contributed by atoms with Crippen molar-refractivity contribution in [2.75, 3.05) is 65.8 Å². The molecule has 0 bridgehead atoms. The SMILES string of the molecule is CC(=O)OC1C(O)C(CO)OC(OC(/C=N\N2CCOCC2)C(CO)OC(O)/C=N/N2CCOCC2)C1O. The van der Waals surface area contributed by atoms with Gasteiger partial charge in [0.1, 0.15) is 30.5 Å². The summed E-state index contributed by atoms with van der Waals surface area (Å²) in [6.07, 6.45) is -8.91. The van der Waals surface area contributed by atoms with Gasteiger partial charge in [0.15, 0.2) is 18.7 Å². The molecule has 0 aromatic carbocycles. The average Bonchev–Trinajstić information content (AvgIpc) is 2.93. The van der Waals surface area contributed by atoms with E-state index in [2.05, 4.69) is 10.2 Å². The minimum Gasteiger partial charge on any atom is -0.457 e. The highest BCUT2D eigenvalue weighted by Gasteiger charge is 2.48. The van der Waals surface area contributed by atoms with Crippen LogP contribution in [0.1, 0.15) is 6.92 Å². The largest absolute Gasteiger partial charge is 0.457 e. The number of carbonyl (C=O) groups is 1. The van der Waals surface area contributed by atoms with E-state index in [1.54, 1.807) is 10.0 Å².